The largest absolute Gasteiger partial charge is 0.508 e. The highest BCUT2D eigenvalue weighted by molar-refractivity contribution is 5.94. The summed E-state index contributed by atoms with van der Waals surface area (Å²) in [7, 11) is 0. The molecule has 0 spiro atoms. The van der Waals surface area contributed by atoms with Gasteiger partial charge in [0.25, 0.3) is 5.91 Å². The van der Waals surface area contributed by atoms with Crippen molar-refractivity contribution in [3.63, 3.8) is 0 Å². The second kappa shape index (κ2) is 8.71. The number of amides is 2. The Hall–Kier alpha value is -2.82. The fraction of sp³-hybridized carbons (Fsp3) is 0.364. The number of hydrogen-bond acceptors (Lipinski definition) is 3. The van der Waals surface area contributed by atoms with Crippen LogP contribution in [0.5, 0.6) is 5.75 Å². The molecule has 0 saturated carbocycles. The summed E-state index contributed by atoms with van der Waals surface area (Å²) in [5.74, 6) is 0.335. The van der Waals surface area contributed by atoms with E-state index in [4.69, 9.17) is 0 Å². The molecule has 1 heterocycles. The van der Waals surface area contributed by atoms with Gasteiger partial charge in [-0.3, -0.25) is 9.59 Å². The molecule has 142 valence electrons. The van der Waals surface area contributed by atoms with Gasteiger partial charge >= 0.3 is 0 Å². The Morgan fingerprint density at radius 1 is 0.963 bits per heavy atom. The first-order valence-electron chi connectivity index (χ1n) is 9.45. The number of benzene rings is 2. The second-order valence-electron chi connectivity index (χ2n) is 7.02. The molecule has 27 heavy (non-hydrogen) atoms. The lowest BCUT2D eigenvalue weighted by molar-refractivity contribution is -0.131. The molecule has 0 radical (unpaired) electrons. The third-order valence-electron chi connectivity index (χ3n) is 5.00. The molecule has 2 amide bonds. The molecule has 5 nitrogen and oxygen atoms in total. The molecule has 0 aromatic heterocycles. The monoisotopic (exact) mass is 366 g/mol. The van der Waals surface area contributed by atoms with Gasteiger partial charge in [0.1, 0.15) is 5.75 Å². The van der Waals surface area contributed by atoms with E-state index in [2.05, 4.69) is 0 Å². The number of carbonyl (C=O) groups is 2. The van der Waals surface area contributed by atoms with E-state index < -0.39 is 0 Å². The minimum atomic E-state index is 0.0298. The van der Waals surface area contributed by atoms with Gasteiger partial charge in [-0.05, 0) is 43.5 Å². The SMILES string of the molecule is Cc1cccc(C(=O)N2CCCN(C(=O)CCc3ccccc3O)CC2)c1. The van der Waals surface area contributed by atoms with Gasteiger partial charge in [-0.15, -0.1) is 0 Å². The summed E-state index contributed by atoms with van der Waals surface area (Å²) in [5, 5.41) is 9.83. The van der Waals surface area contributed by atoms with Crippen LogP contribution < -0.4 is 0 Å². The second-order valence-corrected chi connectivity index (χ2v) is 7.02. The summed E-state index contributed by atoms with van der Waals surface area (Å²) in [6.45, 7) is 4.41. The number of para-hydroxylation sites is 1. The molecule has 2 aromatic carbocycles. The maximum atomic E-state index is 12.7. The molecule has 0 atom stereocenters. The maximum absolute atomic E-state index is 12.7. The third kappa shape index (κ3) is 4.88. The standard InChI is InChI=1S/C22H26N2O3/c1-17-6-4-8-19(16-17)22(27)24-13-5-12-23(14-15-24)21(26)11-10-18-7-2-3-9-20(18)25/h2-4,6-9,16,25H,5,10-15H2,1H3. The van der Waals surface area contributed by atoms with Crippen molar-refractivity contribution in [1.82, 2.24) is 9.80 Å². The predicted molar refractivity (Wildman–Crippen MR) is 105 cm³/mol. The van der Waals surface area contributed by atoms with Gasteiger partial charge in [-0.1, -0.05) is 35.9 Å². The van der Waals surface area contributed by atoms with Crippen LogP contribution in [0.4, 0.5) is 0 Å². The molecule has 5 heteroatoms. The molecule has 0 unspecified atom stereocenters. The van der Waals surface area contributed by atoms with Crippen LogP contribution in [0.25, 0.3) is 0 Å². The van der Waals surface area contributed by atoms with Crippen molar-refractivity contribution in [3.8, 4) is 5.75 Å². The number of phenolic OH excluding ortho intramolecular Hbond substituents is 1. The van der Waals surface area contributed by atoms with Crippen LogP contribution in [0.2, 0.25) is 0 Å². The quantitative estimate of drug-likeness (QED) is 0.905. The first-order valence-corrected chi connectivity index (χ1v) is 9.45. The van der Waals surface area contributed by atoms with E-state index in [1.165, 1.54) is 0 Å². The van der Waals surface area contributed by atoms with Crippen LogP contribution in [0, 0.1) is 6.92 Å². The maximum Gasteiger partial charge on any atom is 0.253 e. The van der Waals surface area contributed by atoms with E-state index in [0.29, 0.717) is 44.6 Å². The molecule has 1 saturated heterocycles. The Kier molecular flexibility index (Phi) is 6.12. The van der Waals surface area contributed by atoms with Gasteiger partial charge in [-0.25, -0.2) is 0 Å². The Morgan fingerprint density at radius 2 is 1.70 bits per heavy atom. The molecule has 1 N–H and O–H groups in total. The van der Waals surface area contributed by atoms with E-state index in [-0.39, 0.29) is 17.6 Å². The van der Waals surface area contributed by atoms with Crippen molar-refractivity contribution in [2.75, 3.05) is 26.2 Å². The number of phenols is 1. The summed E-state index contributed by atoms with van der Waals surface area (Å²) < 4.78 is 0. The van der Waals surface area contributed by atoms with E-state index in [1.54, 1.807) is 12.1 Å². The highest BCUT2D eigenvalue weighted by Gasteiger charge is 2.22. The van der Waals surface area contributed by atoms with Gasteiger partial charge in [0.05, 0.1) is 0 Å². The van der Waals surface area contributed by atoms with Crippen molar-refractivity contribution < 1.29 is 14.7 Å². The number of carbonyl (C=O) groups excluding carboxylic acids is 2. The predicted octanol–water partition coefficient (Wildman–Crippen LogP) is 3.01. The highest BCUT2D eigenvalue weighted by atomic mass is 16.3. The van der Waals surface area contributed by atoms with Crippen molar-refractivity contribution in [2.45, 2.75) is 26.2 Å². The van der Waals surface area contributed by atoms with Crippen molar-refractivity contribution in [1.29, 1.82) is 0 Å². The molecular weight excluding hydrogens is 340 g/mol. The molecule has 0 aliphatic carbocycles. The van der Waals surface area contributed by atoms with Crippen LogP contribution in [0.1, 0.15) is 34.3 Å². The molecule has 1 fully saturated rings. The molecule has 1 aliphatic rings. The fourth-order valence-electron chi connectivity index (χ4n) is 3.45. The van der Waals surface area contributed by atoms with Gasteiger partial charge in [0.2, 0.25) is 5.91 Å². The van der Waals surface area contributed by atoms with Crippen LogP contribution >= 0.6 is 0 Å². The molecule has 3 rings (SSSR count). The molecular formula is C22H26N2O3. The zero-order chi connectivity index (χ0) is 19.2. The lowest BCUT2D eigenvalue weighted by atomic mass is 10.1. The lowest BCUT2D eigenvalue weighted by Crippen LogP contribution is -2.37. The summed E-state index contributed by atoms with van der Waals surface area (Å²) in [5.41, 5.74) is 2.56. The van der Waals surface area contributed by atoms with Crippen LogP contribution in [0.3, 0.4) is 0 Å². The first-order chi connectivity index (χ1) is 13.0. The van der Waals surface area contributed by atoms with Crippen LogP contribution in [-0.2, 0) is 11.2 Å². The van der Waals surface area contributed by atoms with Gasteiger partial charge in [0, 0.05) is 38.2 Å². The lowest BCUT2D eigenvalue weighted by Gasteiger charge is -2.22. The average molecular weight is 366 g/mol. The zero-order valence-corrected chi connectivity index (χ0v) is 15.7. The number of nitrogens with zero attached hydrogens (tertiary/aromatic N) is 2. The molecule has 0 bridgehead atoms. The Morgan fingerprint density at radius 3 is 2.48 bits per heavy atom. The van der Waals surface area contributed by atoms with Crippen molar-refractivity contribution in [2.24, 2.45) is 0 Å². The average Bonchev–Trinajstić information content (AvgIpc) is 2.93. The van der Waals surface area contributed by atoms with Crippen molar-refractivity contribution >= 4 is 11.8 Å². The van der Waals surface area contributed by atoms with E-state index in [1.807, 2.05) is 53.1 Å². The Balaban J connectivity index is 1.55. The summed E-state index contributed by atoms with van der Waals surface area (Å²) in [6, 6.07) is 14.7. The topological polar surface area (TPSA) is 60.9 Å². The summed E-state index contributed by atoms with van der Waals surface area (Å²) in [6.07, 6.45) is 1.66. The normalized spacial score (nSPS) is 14.7. The van der Waals surface area contributed by atoms with Crippen molar-refractivity contribution in [3.05, 3.63) is 65.2 Å². The number of aryl methyl sites for hydroxylation is 2. The summed E-state index contributed by atoms with van der Waals surface area (Å²) >= 11 is 0. The third-order valence-corrected chi connectivity index (χ3v) is 5.00. The smallest absolute Gasteiger partial charge is 0.253 e. The highest BCUT2D eigenvalue weighted by Crippen LogP contribution is 2.18. The summed E-state index contributed by atoms with van der Waals surface area (Å²) in [4.78, 5) is 29.0. The van der Waals surface area contributed by atoms with E-state index >= 15 is 0 Å². The zero-order valence-electron chi connectivity index (χ0n) is 15.7. The van der Waals surface area contributed by atoms with Crippen LogP contribution in [0.15, 0.2) is 48.5 Å². The molecule has 2 aromatic rings. The number of aromatic hydroxyl groups is 1. The minimum Gasteiger partial charge on any atom is -0.508 e. The fourth-order valence-corrected chi connectivity index (χ4v) is 3.45. The van der Waals surface area contributed by atoms with Gasteiger partial charge in [-0.2, -0.15) is 0 Å². The van der Waals surface area contributed by atoms with E-state index in [9.17, 15) is 14.7 Å². The van der Waals surface area contributed by atoms with E-state index in [0.717, 1.165) is 17.5 Å². The minimum absolute atomic E-state index is 0.0298. The molecule has 1 aliphatic heterocycles. The van der Waals surface area contributed by atoms with Gasteiger partial charge < -0.3 is 14.9 Å². The Labute approximate surface area is 160 Å². The number of hydrogen-bond donors (Lipinski definition) is 1. The van der Waals surface area contributed by atoms with Gasteiger partial charge in [0.15, 0.2) is 0 Å². The first kappa shape index (κ1) is 19.0. The van der Waals surface area contributed by atoms with Crippen LogP contribution in [-0.4, -0.2) is 52.9 Å². The Bertz CT molecular complexity index is 819. The number of rotatable bonds is 4.